The third-order valence-corrected chi connectivity index (χ3v) is 3.66. The average molecular weight is 297 g/mol. The van der Waals surface area contributed by atoms with Crippen LogP contribution in [-0.2, 0) is 6.42 Å². The van der Waals surface area contributed by atoms with E-state index < -0.39 is 0 Å². The first-order chi connectivity index (χ1) is 10.1. The number of rotatable bonds is 3. The SMILES string of the molecule is Nc1cc(C(=O)Cc2ccc3ccccc3n2)ccc1Cl. The van der Waals surface area contributed by atoms with Crippen molar-refractivity contribution in [3.63, 3.8) is 0 Å². The van der Waals surface area contributed by atoms with Gasteiger partial charge in [0.1, 0.15) is 0 Å². The third kappa shape index (κ3) is 2.88. The van der Waals surface area contributed by atoms with Crippen molar-refractivity contribution < 1.29 is 4.79 Å². The monoisotopic (exact) mass is 296 g/mol. The second kappa shape index (κ2) is 5.54. The van der Waals surface area contributed by atoms with Gasteiger partial charge in [0.05, 0.1) is 22.6 Å². The summed E-state index contributed by atoms with van der Waals surface area (Å²) in [6.07, 6.45) is 0.242. The Bertz CT molecular complexity index is 830. The number of Topliss-reactive ketones (excluding diaryl/α,β-unsaturated/α-hetero) is 1. The number of carbonyl (C=O) groups is 1. The van der Waals surface area contributed by atoms with Gasteiger partial charge in [-0.25, -0.2) is 0 Å². The molecular weight excluding hydrogens is 284 g/mol. The standard InChI is InChI=1S/C17H13ClN2O/c18-14-8-6-12(9-15(14)19)17(21)10-13-7-5-11-3-1-2-4-16(11)20-13/h1-9H,10,19H2. The molecule has 104 valence electrons. The quantitative estimate of drug-likeness (QED) is 0.589. The summed E-state index contributed by atoms with van der Waals surface area (Å²) in [6, 6.07) is 16.6. The van der Waals surface area contributed by atoms with Crippen LogP contribution in [0.25, 0.3) is 10.9 Å². The molecule has 0 saturated carbocycles. The molecule has 0 amide bonds. The maximum atomic E-state index is 12.3. The summed E-state index contributed by atoms with van der Waals surface area (Å²) in [5, 5.41) is 1.51. The molecule has 0 aliphatic carbocycles. The van der Waals surface area contributed by atoms with E-state index in [1.165, 1.54) is 0 Å². The van der Waals surface area contributed by atoms with Crippen LogP contribution < -0.4 is 5.73 Å². The zero-order valence-corrected chi connectivity index (χ0v) is 12.0. The smallest absolute Gasteiger partial charge is 0.168 e. The first-order valence-corrected chi connectivity index (χ1v) is 6.94. The number of benzene rings is 2. The number of fused-ring (bicyclic) bond motifs is 1. The van der Waals surface area contributed by atoms with Crippen LogP contribution in [0.15, 0.2) is 54.6 Å². The number of ketones is 1. The fraction of sp³-hybridized carbons (Fsp3) is 0.0588. The van der Waals surface area contributed by atoms with Crippen molar-refractivity contribution in [2.75, 3.05) is 5.73 Å². The van der Waals surface area contributed by atoms with E-state index in [2.05, 4.69) is 4.98 Å². The van der Waals surface area contributed by atoms with E-state index >= 15 is 0 Å². The summed E-state index contributed by atoms with van der Waals surface area (Å²) < 4.78 is 0. The predicted octanol–water partition coefficient (Wildman–Crippen LogP) is 3.90. The molecule has 2 N–H and O–H groups in total. The Morgan fingerprint density at radius 1 is 1.10 bits per heavy atom. The molecule has 1 heterocycles. The number of carbonyl (C=O) groups excluding carboxylic acids is 1. The van der Waals surface area contributed by atoms with E-state index in [1.54, 1.807) is 18.2 Å². The van der Waals surface area contributed by atoms with Gasteiger partial charge in [0.25, 0.3) is 0 Å². The van der Waals surface area contributed by atoms with Crippen LogP contribution in [0.5, 0.6) is 0 Å². The van der Waals surface area contributed by atoms with Gasteiger partial charge in [-0.2, -0.15) is 0 Å². The first kappa shape index (κ1) is 13.6. The highest BCUT2D eigenvalue weighted by Gasteiger charge is 2.10. The summed E-state index contributed by atoms with van der Waals surface area (Å²) in [5.74, 6) is -0.0267. The van der Waals surface area contributed by atoms with Gasteiger partial charge in [-0.1, -0.05) is 35.9 Å². The van der Waals surface area contributed by atoms with E-state index in [1.807, 2.05) is 36.4 Å². The second-order valence-electron chi connectivity index (χ2n) is 4.83. The Kier molecular flexibility index (Phi) is 3.59. The molecular formula is C17H13ClN2O. The van der Waals surface area contributed by atoms with Crippen molar-refractivity contribution in [2.45, 2.75) is 6.42 Å². The molecule has 0 atom stereocenters. The molecule has 0 unspecified atom stereocenters. The van der Waals surface area contributed by atoms with Gasteiger partial charge in [0.2, 0.25) is 0 Å². The van der Waals surface area contributed by atoms with E-state index in [4.69, 9.17) is 17.3 Å². The highest BCUT2D eigenvalue weighted by atomic mass is 35.5. The number of nitrogens with zero attached hydrogens (tertiary/aromatic N) is 1. The highest BCUT2D eigenvalue weighted by molar-refractivity contribution is 6.33. The zero-order chi connectivity index (χ0) is 14.8. The lowest BCUT2D eigenvalue weighted by atomic mass is 10.0. The number of aromatic nitrogens is 1. The molecule has 4 heteroatoms. The average Bonchev–Trinajstić information content (AvgIpc) is 2.50. The molecule has 3 aromatic rings. The fourth-order valence-electron chi connectivity index (χ4n) is 2.19. The van der Waals surface area contributed by atoms with Gasteiger partial charge >= 0.3 is 0 Å². The van der Waals surface area contributed by atoms with Gasteiger partial charge in [0.15, 0.2) is 5.78 Å². The Morgan fingerprint density at radius 3 is 2.71 bits per heavy atom. The molecule has 0 aliphatic heterocycles. The van der Waals surface area contributed by atoms with Crippen LogP contribution in [0.4, 0.5) is 5.69 Å². The summed E-state index contributed by atoms with van der Waals surface area (Å²) >= 11 is 5.86. The van der Waals surface area contributed by atoms with Crippen LogP contribution in [0.2, 0.25) is 5.02 Å². The van der Waals surface area contributed by atoms with Crippen LogP contribution in [0.1, 0.15) is 16.1 Å². The number of pyridine rings is 1. The Balaban J connectivity index is 1.87. The summed E-state index contributed by atoms with van der Waals surface area (Å²) in [6.45, 7) is 0. The second-order valence-corrected chi connectivity index (χ2v) is 5.24. The first-order valence-electron chi connectivity index (χ1n) is 6.56. The van der Waals surface area contributed by atoms with Crippen molar-refractivity contribution in [1.29, 1.82) is 0 Å². The van der Waals surface area contributed by atoms with E-state index in [-0.39, 0.29) is 12.2 Å². The lowest BCUT2D eigenvalue weighted by Gasteiger charge is -2.05. The molecule has 21 heavy (non-hydrogen) atoms. The van der Waals surface area contributed by atoms with Crippen molar-refractivity contribution in [3.8, 4) is 0 Å². The van der Waals surface area contributed by atoms with Crippen LogP contribution in [0, 0.1) is 0 Å². The van der Waals surface area contributed by atoms with E-state index in [9.17, 15) is 4.79 Å². The van der Waals surface area contributed by atoms with E-state index in [0.717, 1.165) is 16.6 Å². The number of anilines is 1. The molecule has 0 bridgehead atoms. The lowest BCUT2D eigenvalue weighted by molar-refractivity contribution is 0.0992. The molecule has 0 saturated heterocycles. The molecule has 0 radical (unpaired) electrons. The maximum Gasteiger partial charge on any atom is 0.168 e. The normalized spacial score (nSPS) is 10.7. The van der Waals surface area contributed by atoms with E-state index in [0.29, 0.717) is 16.3 Å². The number of nitrogens with two attached hydrogens (primary N) is 1. The van der Waals surface area contributed by atoms with Crippen LogP contribution in [-0.4, -0.2) is 10.8 Å². The van der Waals surface area contributed by atoms with Crippen molar-refractivity contribution >= 4 is 34.0 Å². The van der Waals surface area contributed by atoms with Crippen molar-refractivity contribution in [1.82, 2.24) is 4.98 Å². The van der Waals surface area contributed by atoms with Gasteiger partial charge < -0.3 is 5.73 Å². The Morgan fingerprint density at radius 2 is 1.90 bits per heavy atom. The van der Waals surface area contributed by atoms with Crippen molar-refractivity contribution in [3.05, 3.63) is 70.9 Å². The number of para-hydroxylation sites is 1. The minimum atomic E-state index is -0.0267. The lowest BCUT2D eigenvalue weighted by Crippen LogP contribution is -2.06. The molecule has 0 aliphatic rings. The number of halogens is 1. The van der Waals surface area contributed by atoms with Crippen LogP contribution >= 0.6 is 11.6 Å². The van der Waals surface area contributed by atoms with Crippen LogP contribution in [0.3, 0.4) is 0 Å². The van der Waals surface area contributed by atoms with Gasteiger partial charge in [-0.3, -0.25) is 9.78 Å². The highest BCUT2D eigenvalue weighted by Crippen LogP contribution is 2.20. The minimum absolute atomic E-state index is 0.0267. The Hall–Kier alpha value is -2.39. The molecule has 0 fully saturated rings. The summed E-state index contributed by atoms with van der Waals surface area (Å²) in [7, 11) is 0. The third-order valence-electron chi connectivity index (χ3n) is 3.32. The summed E-state index contributed by atoms with van der Waals surface area (Å²) in [5.41, 5.74) is 8.32. The topological polar surface area (TPSA) is 56.0 Å². The molecule has 3 nitrogen and oxygen atoms in total. The number of nitrogen functional groups attached to an aromatic ring is 1. The maximum absolute atomic E-state index is 12.3. The van der Waals surface area contributed by atoms with Gasteiger partial charge in [0, 0.05) is 16.6 Å². The fourth-order valence-corrected chi connectivity index (χ4v) is 2.31. The number of hydrogen-bond donors (Lipinski definition) is 1. The Labute approximate surface area is 127 Å². The molecule has 2 aromatic carbocycles. The zero-order valence-electron chi connectivity index (χ0n) is 11.2. The largest absolute Gasteiger partial charge is 0.398 e. The van der Waals surface area contributed by atoms with Gasteiger partial charge in [-0.15, -0.1) is 0 Å². The predicted molar refractivity (Wildman–Crippen MR) is 85.6 cm³/mol. The molecule has 0 spiro atoms. The van der Waals surface area contributed by atoms with Crippen molar-refractivity contribution in [2.24, 2.45) is 0 Å². The number of hydrogen-bond acceptors (Lipinski definition) is 3. The molecule has 1 aromatic heterocycles. The summed E-state index contributed by atoms with van der Waals surface area (Å²) in [4.78, 5) is 16.8. The molecule has 3 rings (SSSR count). The van der Waals surface area contributed by atoms with Gasteiger partial charge in [-0.05, 0) is 30.3 Å². The minimum Gasteiger partial charge on any atom is -0.398 e.